The molecule has 88 valence electrons. The number of hydrogen-bond acceptors (Lipinski definition) is 2. The zero-order valence-corrected chi connectivity index (χ0v) is 10.0. The van der Waals surface area contributed by atoms with Gasteiger partial charge in [0.15, 0.2) is 0 Å². The van der Waals surface area contributed by atoms with Crippen molar-refractivity contribution >= 4 is 0 Å². The molecule has 0 atom stereocenters. The molecule has 1 aliphatic rings. The molecular formula is C14H21NO. The molecule has 2 N–H and O–H groups in total. The van der Waals surface area contributed by atoms with Gasteiger partial charge >= 0.3 is 0 Å². The number of benzene rings is 1. The highest BCUT2D eigenvalue weighted by atomic mass is 16.5. The Hall–Kier alpha value is -0.860. The van der Waals surface area contributed by atoms with Crippen LogP contribution in [0.4, 0.5) is 0 Å². The van der Waals surface area contributed by atoms with E-state index in [4.69, 9.17) is 10.5 Å². The van der Waals surface area contributed by atoms with Crippen molar-refractivity contribution in [3.63, 3.8) is 0 Å². The lowest BCUT2D eigenvalue weighted by Crippen LogP contribution is -2.01. The predicted molar refractivity (Wildman–Crippen MR) is 66.1 cm³/mol. The lowest BCUT2D eigenvalue weighted by Gasteiger charge is -2.08. The van der Waals surface area contributed by atoms with Gasteiger partial charge in [0.25, 0.3) is 0 Å². The first kappa shape index (κ1) is 11.6. The normalized spacial score (nSPS) is 15.4. The van der Waals surface area contributed by atoms with E-state index in [2.05, 4.69) is 25.1 Å². The van der Waals surface area contributed by atoms with Crippen LogP contribution in [0.1, 0.15) is 36.0 Å². The third-order valence-electron chi connectivity index (χ3n) is 3.27. The van der Waals surface area contributed by atoms with Crippen molar-refractivity contribution in [1.82, 2.24) is 0 Å². The largest absolute Gasteiger partial charge is 0.377 e. The van der Waals surface area contributed by atoms with Gasteiger partial charge in [-0.1, -0.05) is 31.0 Å². The SMILES string of the molecule is Cc1cc(CN)ccc1COCCC1CC1. The van der Waals surface area contributed by atoms with E-state index in [-0.39, 0.29) is 0 Å². The van der Waals surface area contributed by atoms with Crippen molar-refractivity contribution in [2.75, 3.05) is 6.61 Å². The van der Waals surface area contributed by atoms with Gasteiger partial charge in [0.05, 0.1) is 6.61 Å². The summed E-state index contributed by atoms with van der Waals surface area (Å²) in [6.07, 6.45) is 4.06. The Kier molecular flexibility index (Phi) is 3.97. The molecule has 0 radical (unpaired) electrons. The van der Waals surface area contributed by atoms with E-state index in [1.54, 1.807) is 0 Å². The fraction of sp³-hybridized carbons (Fsp3) is 0.571. The summed E-state index contributed by atoms with van der Waals surface area (Å²) in [6, 6.07) is 6.38. The van der Waals surface area contributed by atoms with E-state index >= 15 is 0 Å². The molecule has 1 saturated carbocycles. The summed E-state index contributed by atoms with van der Waals surface area (Å²) in [5.41, 5.74) is 9.36. The van der Waals surface area contributed by atoms with E-state index in [0.717, 1.165) is 19.1 Å². The number of rotatable bonds is 6. The first-order valence-electron chi connectivity index (χ1n) is 6.16. The van der Waals surface area contributed by atoms with Crippen molar-refractivity contribution in [2.45, 2.75) is 39.3 Å². The van der Waals surface area contributed by atoms with Crippen LogP contribution in [0.25, 0.3) is 0 Å². The monoisotopic (exact) mass is 219 g/mol. The topological polar surface area (TPSA) is 35.2 Å². The van der Waals surface area contributed by atoms with E-state index in [0.29, 0.717) is 6.54 Å². The van der Waals surface area contributed by atoms with Gasteiger partial charge in [0, 0.05) is 13.2 Å². The second kappa shape index (κ2) is 5.46. The molecule has 0 unspecified atom stereocenters. The molecule has 16 heavy (non-hydrogen) atoms. The lowest BCUT2D eigenvalue weighted by molar-refractivity contribution is 0.114. The second-order valence-corrected chi connectivity index (χ2v) is 4.75. The molecule has 0 spiro atoms. The molecule has 0 heterocycles. The number of nitrogens with two attached hydrogens (primary N) is 1. The number of aryl methyl sites for hydroxylation is 1. The average molecular weight is 219 g/mol. The van der Waals surface area contributed by atoms with Crippen molar-refractivity contribution < 1.29 is 4.74 Å². The number of ether oxygens (including phenoxy) is 1. The van der Waals surface area contributed by atoms with E-state index in [1.807, 2.05) is 0 Å². The lowest BCUT2D eigenvalue weighted by atomic mass is 10.1. The van der Waals surface area contributed by atoms with Gasteiger partial charge in [-0.3, -0.25) is 0 Å². The van der Waals surface area contributed by atoms with Crippen LogP contribution in [-0.4, -0.2) is 6.61 Å². The average Bonchev–Trinajstić information content (AvgIpc) is 3.10. The van der Waals surface area contributed by atoms with Crippen LogP contribution in [0.3, 0.4) is 0 Å². The minimum absolute atomic E-state index is 0.615. The quantitative estimate of drug-likeness (QED) is 0.747. The summed E-state index contributed by atoms with van der Waals surface area (Å²) in [5.74, 6) is 0.959. The number of hydrogen-bond donors (Lipinski definition) is 1. The van der Waals surface area contributed by atoms with Gasteiger partial charge in [-0.25, -0.2) is 0 Å². The Bertz CT molecular complexity index is 345. The molecule has 0 bridgehead atoms. The molecule has 1 aromatic rings. The zero-order chi connectivity index (χ0) is 11.4. The van der Waals surface area contributed by atoms with E-state index in [9.17, 15) is 0 Å². The predicted octanol–water partition coefficient (Wildman–Crippen LogP) is 2.77. The van der Waals surface area contributed by atoms with Crippen molar-refractivity contribution in [1.29, 1.82) is 0 Å². The third-order valence-corrected chi connectivity index (χ3v) is 3.27. The molecule has 0 saturated heterocycles. The summed E-state index contributed by atoms with van der Waals surface area (Å²) >= 11 is 0. The molecule has 2 rings (SSSR count). The van der Waals surface area contributed by atoms with E-state index in [1.165, 1.54) is 36.0 Å². The smallest absolute Gasteiger partial charge is 0.0719 e. The summed E-state index contributed by atoms with van der Waals surface area (Å²) in [6.45, 7) is 4.38. The van der Waals surface area contributed by atoms with Gasteiger partial charge in [0.1, 0.15) is 0 Å². The molecule has 0 amide bonds. The van der Waals surface area contributed by atoms with Crippen molar-refractivity contribution in [3.05, 3.63) is 34.9 Å². The first-order chi connectivity index (χ1) is 7.79. The molecule has 1 aromatic carbocycles. The second-order valence-electron chi connectivity index (χ2n) is 4.75. The van der Waals surface area contributed by atoms with Gasteiger partial charge in [-0.05, 0) is 36.0 Å². The first-order valence-corrected chi connectivity index (χ1v) is 6.16. The van der Waals surface area contributed by atoms with Gasteiger partial charge in [-0.2, -0.15) is 0 Å². The highest BCUT2D eigenvalue weighted by Crippen LogP contribution is 2.32. The molecule has 0 aliphatic heterocycles. The van der Waals surface area contributed by atoms with Crippen molar-refractivity contribution in [2.24, 2.45) is 11.7 Å². The summed E-state index contributed by atoms with van der Waals surface area (Å²) in [7, 11) is 0. The summed E-state index contributed by atoms with van der Waals surface area (Å²) in [4.78, 5) is 0. The molecular weight excluding hydrogens is 198 g/mol. The van der Waals surface area contributed by atoms with E-state index < -0.39 is 0 Å². The molecule has 1 aliphatic carbocycles. The Balaban J connectivity index is 1.78. The third kappa shape index (κ3) is 3.32. The maximum absolute atomic E-state index is 5.69. The Labute approximate surface area is 97.8 Å². The molecule has 2 heteroatoms. The minimum Gasteiger partial charge on any atom is -0.377 e. The fourth-order valence-electron chi connectivity index (χ4n) is 1.89. The van der Waals surface area contributed by atoms with Crippen LogP contribution < -0.4 is 5.73 Å². The Morgan fingerprint density at radius 2 is 2.19 bits per heavy atom. The minimum atomic E-state index is 0.615. The van der Waals surface area contributed by atoms with Gasteiger partial charge < -0.3 is 10.5 Å². The standard InChI is InChI=1S/C14H21NO/c1-11-8-13(9-15)4-5-14(11)10-16-7-6-12-2-3-12/h4-5,8,12H,2-3,6-7,9-10,15H2,1H3. The maximum Gasteiger partial charge on any atom is 0.0719 e. The summed E-state index contributed by atoms with van der Waals surface area (Å²) < 4.78 is 5.69. The Morgan fingerprint density at radius 1 is 1.38 bits per heavy atom. The Morgan fingerprint density at radius 3 is 2.81 bits per heavy atom. The maximum atomic E-state index is 5.69. The molecule has 1 fully saturated rings. The van der Waals surface area contributed by atoms with Crippen molar-refractivity contribution in [3.8, 4) is 0 Å². The molecule has 2 nitrogen and oxygen atoms in total. The fourth-order valence-corrected chi connectivity index (χ4v) is 1.89. The zero-order valence-electron chi connectivity index (χ0n) is 10.0. The van der Waals surface area contributed by atoms with Gasteiger partial charge in [0.2, 0.25) is 0 Å². The highest BCUT2D eigenvalue weighted by Gasteiger charge is 2.20. The van der Waals surface area contributed by atoms with Crippen LogP contribution in [0.15, 0.2) is 18.2 Å². The summed E-state index contributed by atoms with van der Waals surface area (Å²) in [5, 5.41) is 0. The molecule has 0 aromatic heterocycles. The van der Waals surface area contributed by atoms with Crippen LogP contribution >= 0.6 is 0 Å². The van der Waals surface area contributed by atoms with Gasteiger partial charge in [-0.15, -0.1) is 0 Å². The van der Waals surface area contributed by atoms with Crippen LogP contribution in [0.5, 0.6) is 0 Å². The van der Waals surface area contributed by atoms with Crippen LogP contribution in [0, 0.1) is 12.8 Å². The van der Waals surface area contributed by atoms with Crippen LogP contribution in [0.2, 0.25) is 0 Å². The highest BCUT2D eigenvalue weighted by molar-refractivity contribution is 5.30. The van der Waals surface area contributed by atoms with Crippen LogP contribution in [-0.2, 0) is 17.9 Å².